The molecule has 0 radical (unpaired) electrons. The van der Waals surface area contributed by atoms with Gasteiger partial charge in [0, 0.05) is 55.8 Å². The summed E-state index contributed by atoms with van der Waals surface area (Å²) in [5, 5.41) is 8.35. The molecular weight excluding hydrogens is 499 g/mol. The monoisotopic (exact) mass is 530 g/mol. The lowest BCUT2D eigenvalue weighted by molar-refractivity contribution is 0.0726. The van der Waals surface area contributed by atoms with Gasteiger partial charge in [0.15, 0.2) is 0 Å². The molecule has 0 aliphatic carbocycles. The molecule has 39 heavy (non-hydrogen) atoms. The largest absolute Gasteiger partial charge is 0.497 e. The topological polar surface area (TPSA) is 81.7 Å². The third-order valence-corrected chi connectivity index (χ3v) is 7.13. The molecule has 0 fully saturated rings. The molecule has 0 unspecified atom stereocenters. The Morgan fingerprint density at radius 1 is 0.846 bits per heavy atom. The second-order valence-corrected chi connectivity index (χ2v) is 9.57. The number of methoxy groups -OCH3 is 3. The lowest BCUT2D eigenvalue weighted by Gasteiger charge is -2.31. The SMILES string of the molecule is COc1cc(CN2CCc3c(cc(Cn4ccn(C)c4=N)cc3-c3ccc(F)cc3OC)C2=O)cc(OC)c1. The Morgan fingerprint density at radius 3 is 2.18 bits per heavy atom. The van der Waals surface area contributed by atoms with Crippen molar-refractivity contribution in [1.82, 2.24) is 14.0 Å². The Hall–Kier alpha value is -4.53. The molecule has 5 rings (SSSR count). The number of amides is 1. The first-order chi connectivity index (χ1) is 18.8. The van der Waals surface area contributed by atoms with E-state index in [1.54, 1.807) is 35.5 Å². The van der Waals surface area contributed by atoms with Crippen molar-refractivity contribution in [3.05, 3.63) is 94.6 Å². The van der Waals surface area contributed by atoms with Gasteiger partial charge >= 0.3 is 0 Å². The summed E-state index contributed by atoms with van der Waals surface area (Å²) in [6.45, 7) is 1.32. The van der Waals surface area contributed by atoms with Gasteiger partial charge in [-0.05, 0) is 65.1 Å². The smallest absolute Gasteiger partial charge is 0.254 e. The minimum atomic E-state index is -0.393. The van der Waals surface area contributed by atoms with Crippen molar-refractivity contribution < 1.29 is 23.4 Å². The number of hydrogen-bond acceptors (Lipinski definition) is 5. The van der Waals surface area contributed by atoms with Crippen LogP contribution >= 0.6 is 0 Å². The molecule has 0 saturated carbocycles. The minimum absolute atomic E-state index is 0.0913. The average molecular weight is 531 g/mol. The fraction of sp³-hybridized carbons (Fsp3) is 0.267. The zero-order chi connectivity index (χ0) is 27.7. The second-order valence-electron chi connectivity index (χ2n) is 9.57. The molecule has 4 aromatic rings. The molecule has 1 aliphatic heterocycles. The number of ether oxygens (including phenoxy) is 3. The van der Waals surface area contributed by atoms with E-state index in [0.717, 1.165) is 27.8 Å². The van der Waals surface area contributed by atoms with Gasteiger partial charge in [0.2, 0.25) is 5.62 Å². The van der Waals surface area contributed by atoms with Crippen LogP contribution in [0.15, 0.2) is 60.9 Å². The van der Waals surface area contributed by atoms with Gasteiger partial charge in [-0.3, -0.25) is 10.2 Å². The maximum absolute atomic E-state index is 14.0. The minimum Gasteiger partial charge on any atom is -0.497 e. The van der Waals surface area contributed by atoms with Gasteiger partial charge < -0.3 is 28.2 Å². The number of halogens is 1. The predicted molar refractivity (Wildman–Crippen MR) is 145 cm³/mol. The van der Waals surface area contributed by atoms with Crippen molar-refractivity contribution in [2.75, 3.05) is 27.9 Å². The van der Waals surface area contributed by atoms with Gasteiger partial charge in [-0.25, -0.2) is 4.39 Å². The molecular formula is C30H31FN4O4. The number of imidazole rings is 1. The average Bonchev–Trinajstić information content (AvgIpc) is 3.26. The van der Waals surface area contributed by atoms with Crippen molar-refractivity contribution in [3.63, 3.8) is 0 Å². The Labute approximate surface area is 226 Å². The number of nitrogens with one attached hydrogen (secondary N) is 1. The molecule has 9 heteroatoms. The molecule has 0 bridgehead atoms. The van der Waals surface area contributed by atoms with Crippen LogP contribution in [-0.2, 0) is 26.6 Å². The fourth-order valence-electron chi connectivity index (χ4n) is 5.11. The van der Waals surface area contributed by atoms with Gasteiger partial charge in [0.1, 0.15) is 23.1 Å². The normalized spacial score (nSPS) is 12.8. The van der Waals surface area contributed by atoms with E-state index in [1.165, 1.54) is 19.2 Å². The number of hydrogen-bond donors (Lipinski definition) is 1. The Kier molecular flexibility index (Phi) is 7.15. The van der Waals surface area contributed by atoms with E-state index in [2.05, 4.69) is 0 Å². The van der Waals surface area contributed by atoms with Gasteiger partial charge in [-0.1, -0.05) is 0 Å². The molecule has 3 aromatic carbocycles. The van der Waals surface area contributed by atoms with E-state index in [9.17, 15) is 9.18 Å². The summed E-state index contributed by atoms with van der Waals surface area (Å²) in [6, 6.07) is 14.0. The highest BCUT2D eigenvalue weighted by Gasteiger charge is 2.28. The van der Waals surface area contributed by atoms with Crippen molar-refractivity contribution in [2.24, 2.45) is 7.05 Å². The second kappa shape index (κ2) is 10.7. The number of carbonyl (C=O) groups is 1. The van der Waals surface area contributed by atoms with Crippen LogP contribution in [-0.4, -0.2) is 47.8 Å². The van der Waals surface area contributed by atoms with Crippen LogP contribution in [0.5, 0.6) is 17.2 Å². The van der Waals surface area contributed by atoms with Crippen molar-refractivity contribution in [2.45, 2.75) is 19.5 Å². The first kappa shape index (κ1) is 26.1. The molecule has 0 spiro atoms. The third-order valence-electron chi connectivity index (χ3n) is 7.13. The highest BCUT2D eigenvalue weighted by molar-refractivity contribution is 5.99. The first-order valence-electron chi connectivity index (χ1n) is 12.6. The van der Waals surface area contributed by atoms with Gasteiger partial charge in [-0.15, -0.1) is 0 Å². The molecule has 1 amide bonds. The molecule has 1 aliphatic rings. The van der Waals surface area contributed by atoms with E-state index in [0.29, 0.717) is 54.5 Å². The van der Waals surface area contributed by atoms with Crippen LogP contribution in [0.4, 0.5) is 4.39 Å². The van der Waals surface area contributed by atoms with E-state index < -0.39 is 5.82 Å². The zero-order valence-corrected chi connectivity index (χ0v) is 22.5. The lowest BCUT2D eigenvalue weighted by atomic mass is 9.87. The predicted octanol–water partition coefficient (Wildman–Crippen LogP) is 4.38. The van der Waals surface area contributed by atoms with E-state index in [-0.39, 0.29) is 5.91 Å². The summed E-state index contributed by atoms with van der Waals surface area (Å²) in [6.07, 6.45) is 4.28. The third kappa shape index (κ3) is 5.12. The van der Waals surface area contributed by atoms with Crippen LogP contribution < -0.4 is 19.8 Å². The number of nitrogens with zero attached hydrogens (tertiary/aromatic N) is 3. The summed E-state index contributed by atoms with van der Waals surface area (Å²) in [7, 11) is 6.52. The van der Waals surface area contributed by atoms with Crippen LogP contribution in [0.1, 0.15) is 27.0 Å². The summed E-state index contributed by atoms with van der Waals surface area (Å²) >= 11 is 0. The molecule has 2 heterocycles. The van der Waals surface area contributed by atoms with Crippen molar-refractivity contribution in [1.29, 1.82) is 5.41 Å². The molecule has 8 nitrogen and oxygen atoms in total. The number of rotatable bonds is 8. The number of benzene rings is 3. The molecule has 202 valence electrons. The van der Waals surface area contributed by atoms with E-state index >= 15 is 0 Å². The maximum Gasteiger partial charge on any atom is 0.254 e. The fourth-order valence-corrected chi connectivity index (χ4v) is 5.11. The number of fused-ring (bicyclic) bond motifs is 1. The zero-order valence-electron chi connectivity index (χ0n) is 22.5. The Balaban J connectivity index is 1.58. The van der Waals surface area contributed by atoms with Gasteiger partial charge in [0.05, 0.1) is 27.9 Å². The Bertz CT molecular complexity index is 1580. The quantitative estimate of drug-likeness (QED) is 0.367. The highest BCUT2D eigenvalue weighted by atomic mass is 19.1. The van der Waals surface area contributed by atoms with E-state index in [4.69, 9.17) is 19.6 Å². The summed E-state index contributed by atoms with van der Waals surface area (Å²) in [4.78, 5) is 15.7. The van der Waals surface area contributed by atoms with E-state index in [1.807, 2.05) is 48.6 Å². The summed E-state index contributed by atoms with van der Waals surface area (Å²) in [5.41, 5.74) is 5.15. The summed E-state index contributed by atoms with van der Waals surface area (Å²) in [5.74, 6) is 1.24. The van der Waals surface area contributed by atoms with Crippen LogP contribution in [0.2, 0.25) is 0 Å². The van der Waals surface area contributed by atoms with Gasteiger partial charge in [0.25, 0.3) is 5.91 Å². The maximum atomic E-state index is 14.0. The van der Waals surface area contributed by atoms with Crippen LogP contribution in [0, 0.1) is 11.2 Å². The molecule has 1 aromatic heterocycles. The number of aromatic nitrogens is 2. The van der Waals surface area contributed by atoms with Crippen molar-refractivity contribution in [3.8, 4) is 28.4 Å². The van der Waals surface area contributed by atoms with Crippen molar-refractivity contribution >= 4 is 5.91 Å². The standard InChI is InChI=1S/C30H31FN4O4/c1-33-9-10-35(30(33)32)18-20-13-26(25-6-5-21(31)15-28(25)39-4)24-7-8-34(29(36)27(24)14-20)17-19-11-22(37-2)16-23(12-19)38-3/h5-6,9-16,32H,7-8,17-18H2,1-4H3. The number of carbonyl (C=O) groups excluding carboxylic acids is 1. The van der Waals surface area contributed by atoms with Crippen LogP contribution in [0.25, 0.3) is 11.1 Å². The molecule has 0 saturated heterocycles. The first-order valence-corrected chi connectivity index (χ1v) is 12.6. The highest BCUT2D eigenvalue weighted by Crippen LogP contribution is 2.38. The van der Waals surface area contributed by atoms with Gasteiger partial charge in [-0.2, -0.15) is 0 Å². The molecule has 1 N–H and O–H groups in total. The molecule has 0 atom stereocenters. The van der Waals surface area contributed by atoms with Crippen LogP contribution in [0.3, 0.4) is 0 Å². The lowest BCUT2D eigenvalue weighted by Crippen LogP contribution is -2.37. The number of aryl methyl sites for hydroxylation is 1. The summed E-state index contributed by atoms with van der Waals surface area (Å²) < 4.78 is 33.9. The Morgan fingerprint density at radius 2 is 1.54 bits per heavy atom.